The van der Waals surface area contributed by atoms with E-state index in [0.29, 0.717) is 6.29 Å². The Bertz CT molecular complexity index is 797. The number of rotatable bonds is 3. The van der Waals surface area contributed by atoms with Crippen molar-refractivity contribution in [2.45, 2.75) is 0 Å². The van der Waals surface area contributed by atoms with E-state index in [2.05, 4.69) is 5.10 Å². The number of para-hydroxylation sites is 1. The maximum atomic E-state index is 13.9. The first-order valence-electron chi connectivity index (χ1n) is 6.25. The second kappa shape index (κ2) is 5.28. The molecule has 0 saturated heterocycles. The molecule has 104 valence electrons. The molecule has 0 unspecified atom stereocenters. The van der Waals surface area contributed by atoms with Crippen molar-refractivity contribution in [3.8, 4) is 16.9 Å². The molecule has 0 aliphatic heterocycles. The highest BCUT2D eigenvalue weighted by Crippen LogP contribution is 2.25. The van der Waals surface area contributed by atoms with Gasteiger partial charge in [-0.15, -0.1) is 0 Å². The van der Waals surface area contributed by atoms with Crippen molar-refractivity contribution in [2.75, 3.05) is 0 Å². The average molecular weight is 284 g/mol. The number of nitrogens with zero attached hydrogens (tertiary/aromatic N) is 2. The SMILES string of the molecule is O=Cc1cn(-c2ccccc2)nc1-c1ccc(F)cc1F. The van der Waals surface area contributed by atoms with Crippen LogP contribution in [-0.4, -0.2) is 16.1 Å². The number of carbonyl (C=O) groups is 1. The van der Waals surface area contributed by atoms with Gasteiger partial charge in [-0.25, -0.2) is 13.5 Å². The molecule has 0 aliphatic carbocycles. The third-order valence-electron chi connectivity index (χ3n) is 3.08. The molecule has 0 atom stereocenters. The van der Waals surface area contributed by atoms with E-state index in [0.717, 1.165) is 17.8 Å². The highest BCUT2D eigenvalue weighted by atomic mass is 19.1. The lowest BCUT2D eigenvalue weighted by Gasteiger charge is -2.01. The lowest BCUT2D eigenvalue weighted by atomic mass is 10.1. The fourth-order valence-electron chi connectivity index (χ4n) is 2.08. The molecule has 2 aromatic carbocycles. The van der Waals surface area contributed by atoms with Gasteiger partial charge in [0.25, 0.3) is 0 Å². The summed E-state index contributed by atoms with van der Waals surface area (Å²) in [5, 5.41) is 4.23. The van der Waals surface area contributed by atoms with Gasteiger partial charge in [0.1, 0.15) is 17.3 Å². The molecule has 3 rings (SSSR count). The Balaban J connectivity index is 2.15. The average Bonchev–Trinajstić information content (AvgIpc) is 2.92. The second-order valence-corrected chi connectivity index (χ2v) is 4.46. The van der Waals surface area contributed by atoms with E-state index >= 15 is 0 Å². The summed E-state index contributed by atoms with van der Waals surface area (Å²) >= 11 is 0. The van der Waals surface area contributed by atoms with Crippen molar-refractivity contribution in [3.63, 3.8) is 0 Å². The van der Waals surface area contributed by atoms with E-state index in [1.165, 1.54) is 16.9 Å². The van der Waals surface area contributed by atoms with Crippen molar-refractivity contribution >= 4 is 6.29 Å². The third kappa shape index (κ3) is 2.45. The summed E-state index contributed by atoms with van der Waals surface area (Å²) in [5.74, 6) is -1.43. The van der Waals surface area contributed by atoms with Crippen LogP contribution in [0.4, 0.5) is 8.78 Å². The molecular formula is C16H10F2N2O. The third-order valence-corrected chi connectivity index (χ3v) is 3.08. The lowest BCUT2D eigenvalue weighted by molar-refractivity contribution is 0.112. The minimum atomic E-state index is -0.753. The zero-order valence-corrected chi connectivity index (χ0v) is 10.8. The lowest BCUT2D eigenvalue weighted by Crippen LogP contribution is -1.95. The van der Waals surface area contributed by atoms with Gasteiger partial charge in [-0.2, -0.15) is 5.10 Å². The molecule has 21 heavy (non-hydrogen) atoms. The standard InChI is InChI=1S/C16H10F2N2O/c17-12-6-7-14(15(18)8-12)16-11(10-21)9-20(19-16)13-4-2-1-3-5-13/h1-10H. The molecule has 0 amide bonds. The van der Waals surface area contributed by atoms with Crippen LogP contribution in [0.2, 0.25) is 0 Å². The summed E-state index contributed by atoms with van der Waals surface area (Å²) in [6, 6.07) is 12.3. The van der Waals surface area contributed by atoms with Crippen LogP contribution in [0.25, 0.3) is 16.9 Å². The zero-order valence-electron chi connectivity index (χ0n) is 10.8. The van der Waals surface area contributed by atoms with E-state index in [1.54, 1.807) is 0 Å². The molecule has 0 saturated carbocycles. The molecule has 0 spiro atoms. The topological polar surface area (TPSA) is 34.9 Å². The molecule has 0 N–H and O–H groups in total. The van der Waals surface area contributed by atoms with Crippen molar-refractivity contribution in [2.24, 2.45) is 0 Å². The van der Waals surface area contributed by atoms with Gasteiger partial charge in [0.15, 0.2) is 6.29 Å². The van der Waals surface area contributed by atoms with Crippen molar-refractivity contribution in [1.82, 2.24) is 9.78 Å². The van der Waals surface area contributed by atoms with Crippen LogP contribution < -0.4 is 0 Å². The molecule has 0 bridgehead atoms. The first-order valence-corrected chi connectivity index (χ1v) is 6.25. The van der Waals surface area contributed by atoms with Crippen LogP contribution in [0, 0.1) is 11.6 Å². The van der Waals surface area contributed by atoms with Crippen LogP contribution in [0.3, 0.4) is 0 Å². The maximum absolute atomic E-state index is 13.9. The molecule has 1 aromatic heterocycles. The number of halogens is 2. The molecule has 3 nitrogen and oxygen atoms in total. The molecule has 0 fully saturated rings. The Hall–Kier alpha value is -2.82. The second-order valence-electron chi connectivity index (χ2n) is 4.46. The first kappa shape index (κ1) is 13.2. The quantitative estimate of drug-likeness (QED) is 0.688. The Morgan fingerprint density at radius 2 is 1.81 bits per heavy atom. The predicted octanol–water partition coefficient (Wildman–Crippen LogP) is 3.63. The number of hydrogen-bond acceptors (Lipinski definition) is 2. The highest BCUT2D eigenvalue weighted by Gasteiger charge is 2.15. The number of aromatic nitrogens is 2. The van der Waals surface area contributed by atoms with Crippen molar-refractivity contribution in [1.29, 1.82) is 0 Å². The molecule has 1 heterocycles. The Kier molecular flexibility index (Phi) is 3.31. The Morgan fingerprint density at radius 1 is 1.05 bits per heavy atom. The van der Waals surface area contributed by atoms with Gasteiger partial charge in [-0.3, -0.25) is 4.79 Å². The predicted molar refractivity (Wildman–Crippen MR) is 74.3 cm³/mol. The molecule has 3 aromatic rings. The van der Waals surface area contributed by atoms with Gasteiger partial charge in [0.2, 0.25) is 0 Å². The van der Waals surface area contributed by atoms with E-state index in [9.17, 15) is 13.6 Å². The first-order chi connectivity index (χ1) is 10.2. The van der Waals surface area contributed by atoms with Gasteiger partial charge < -0.3 is 0 Å². The van der Waals surface area contributed by atoms with Crippen molar-refractivity contribution in [3.05, 3.63) is 71.9 Å². The number of carbonyl (C=O) groups excluding carboxylic acids is 1. The van der Waals surface area contributed by atoms with Gasteiger partial charge in [-0.1, -0.05) is 18.2 Å². The van der Waals surface area contributed by atoms with E-state index in [1.807, 2.05) is 30.3 Å². The summed E-state index contributed by atoms with van der Waals surface area (Å²) in [4.78, 5) is 11.2. The normalized spacial score (nSPS) is 10.6. The van der Waals surface area contributed by atoms with E-state index < -0.39 is 11.6 Å². The van der Waals surface area contributed by atoms with E-state index in [-0.39, 0.29) is 16.8 Å². The van der Waals surface area contributed by atoms with Gasteiger partial charge >= 0.3 is 0 Å². The van der Waals surface area contributed by atoms with Crippen LogP contribution in [0.15, 0.2) is 54.7 Å². The number of hydrogen-bond donors (Lipinski definition) is 0. The van der Waals surface area contributed by atoms with Gasteiger partial charge in [0, 0.05) is 17.8 Å². The van der Waals surface area contributed by atoms with Crippen LogP contribution in [-0.2, 0) is 0 Å². The number of aldehydes is 1. The monoisotopic (exact) mass is 284 g/mol. The van der Waals surface area contributed by atoms with Crippen LogP contribution in [0.5, 0.6) is 0 Å². The fraction of sp³-hybridized carbons (Fsp3) is 0. The summed E-state index contributed by atoms with van der Waals surface area (Å²) in [6.07, 6.45) is 2.12. The van der Waals surface area contributed by atoms with Crippen LogP contribution in [0.1, 0.15) is 10.4 Å². The minimum Gasteiger partial charge on any atom is -0.298 e. The number of benzene rings is 2. The summed E-state index contributed by atoms with van der Waals surface area (Å²) in [5.41, 5.74) is 1.26. The van der Waals surface area contributed by atoms with E-state index in [4.69, 9.17) is 0 Å². The van der Waals surface area contributed by atoms with Crippen LogP contribution >= 0.6 is 0 Å². The summed E-state index contributed by atoms with van der Waals surface area (Å²) in [7, 11) is 0. The van der Waals surface area contributed by atoms with Gasteiger partial charge in [0.05, 0.1) is 11.3 Å². The molecule has 5 heteroatoms. The zero-order chi connectivity index (χ0) is 14.8. The minimum absolute atomic E-state index is 0.0909. The highest BCUT2D eigenvalue weighted by molar-refractivity contribution is 5.85. The van der Waals surface area contributed by atoms with Crippen molar-refractivity contribution < 1.29 is 13.6 Å². The largest absolute Gasteiger partial charge is 0.298 e. The molecule has 0 aliphatic rings. The fourth-order valence-corrected chi connectivity index (χ4v) is 2.08. The van der Waals surface area contributed by atoms with Gasteiger partial charge in [-0.05, 0) is 24.3 Å². The Morgan fingerprint density at radius 3 is 2.48 bits per heavy atom. The molecular weight excluding hydrogens is 274 g/mol. The smallest absolute Gasteiger partial charge is 0.153 e. The molecule has 0 radical (unpaired) electrons. The Labute approximate surface area is 119 Å². The maximum Gasteiger partial charge on any atom is 0.153 e. The summed E-state index contributed by atoms with van der Waals surface area (Å²) in [6.45, 7) is 0. The summed E-state index contributed by atoms with van der Waals surface area (Å²) < 4.78 is 28.3.